The number of nitrogens with zero attached hydrogens (tertiary/aromatic N) is 4. The van der Waals surface area contributed by atoms with Gasteiger partial charge in [-0.1, -0.05) is 11.6 Å². The predicted octanol–water partition coefficient (Wildman–Crippen LogP) is 1.79. The summed E-state index contributed by atoms with van der Waals surface area (Å²) in [7, 11) is 3.96. The summed E-state index contributed by atoms with van der Waals surface area (Å²) in [6, 6.07) is 2.11. The third-order valence-corrected chi connectivity index (χ3v) is 4.20. The Hall–Kier alpha value is -1.40. The number of hydrogen-bond acceptors (Lipinski definition) is 5. The van der Waals surface area contributed by atoms with Crippen molar-refractivity contribution in [3.05, 3.63) is 16.8 Å². The molecule has 22 heavy (non-hydrogen) atoms. The smallest absolute Gasteiger partial charge is 0.223 e. The maximum atomic E-state index is 12.2. The second-order valence-electron chi connectivity index (χ2n) is 6.08. The van der Waals surface area contributed by atoms with Crippen LogP contribution in [-0.4, -0.2) is 65.7 Å². The number of aromatic nitrogens is 2. The Morgan fingerprint density at radius 2 is 2.27 bits per heavy atom. The molecule has 0 radical (unpaired) electrons. The van der Waals surface area contributed by atoms with Gasteiger partial charge in [0.1, 0.15) is 5.82 Å². The first-order valence-electron chi connectivity index (χ1n) is 7.64. The number of halogens is 1. The summed E-state index contributed by atoms with van der Waals surface area (Å²) in [5.41, 5.74) is 0.897. The van der Waals surface area contributed by atoms with E-state index in [-0.39, 0.29) is 11.9 Å². The van der Waals surface area contributed by atoms with Crippen molar-refractivity contribution in [3.63, 3.8) is 0 Å². The molecule has 122 valence electrons. The van der Waals surface area contributed by atoms with Gasteiger partial charge in [-0.25, -0.2) is 0 Å². The second kappa shape index (κ2) is 7.74. The molecule has 0 spiro atoms. The molecule has 1 fully saturated rings. The minimum Gasteiger partial charge on any atom is -0.364 e. The van der Waals surface area contributed by atoms with Gasteiger partial charge in [0, 0.05) is 32.1 Å². The van der Waals surface area contributed by atoms with Gasteiger partial charge in [0.2, 0.25) is 5.91 Å². The summed E-state index contributed by atoms with van der Waals surface area (Å²) in [5.74, 6) is 0.938. The van der Waals surface area contributed by atoms with Gasteiger partial charge in [0.15, 0.2) is 5.15 Å². The van der Waals surface area contributed by atoms with E-state index in [0.717, 1.165) is 43.9 Å². The number of carbonyl (C=O) groups is 1. The number of aryl methyl sites for hydroxylation is 1. The highest BCUT2D eigenvalue weighted by Gasteiger charge is 2.23. The van der Waals surface area contributed by atoms with E-state index in [9.17, 15) is 4.79 Å². The van der Waals surface area contributed by atoms with Gasteiger partial charge in [0.05, 0.1) is 0 Å². The largest absolute Gasteiger partial charge is 0.364 e. The summed E-state index contributed by atoms with van der Waals surface area (Å²) in [4.78, 5) is 16.2. The lowest BCUT2D eigenvalue weighted by molar-refractivity contribution is -0.132. The van der Waals surface area contributed by atoms with E-state index >= 15 is 0 Å². The number of piperidine rings is 1. The van der Waals surface area contributed by atoms with Gasteiger partial charge in [-0.05, 0) is 45.5 Å². The quantitative estimate of drug-likeness (QED) is 0.894. The van der Waals surface area contributed by atoms with Crippen LogP contribution in [-0.2, 0) is 4.79 Å². The first kappa shape index (κ1) is 17.0. The molecule has 7 heteroatoms. The second-order valence-corrected chi connectivity index (χ2v) is 6.44. The first-order chi connectivity index (χ1) is 10.5. The Balaban J connectivity index is 1.90. The molecule has 0 bridgehead atoms. The summed E-state index contributed by atoms with van der Waals surface area (Å²) in [6.07, 6.45) is 2.60. The van der Waals surface area contributed by atoms with Crippen LogP contribution in [0.4, 0.5) is 5.82 Å². The maximum absolute atomic E-state index is 12.2. The highest BCUT2D eigenvalue weighted by Crippen LogP contribution is 2.18. The number of hydrogen-bond donors (Lipinski definition) is 1. The van der Waals surface area contributed by atoms with Crippen LogP contribution in [0.1, 0.15) is 24.8 Å². The minimum absolute atomic E-state index is 0.215. The Labute approximate surface area is 136 Å². The van der Waals surface area contributed by atoms with Gasteiger partial charge in [-0.2, -0.15) is 0 Å². The molecule has 1 aliphatic rings. The molecule has 0 unspecified atom stereocenters. The van der Waals surface area contributed by atoms with Crippen LogP contribution in [0.5, 0.6) is 0 Å². The van der Waals surface area contributed by atoms with Crippen LogP contribution in [0.3, 0.4) is 0 Å². The molecule has 0 saturated carbocycles. The number of amides is 1. The molecule has 1 aromatic rings. The highest BCUT2D eigenvalue weighted by atomic mass is 35.5. The molecule has 1 saturated heterocycles. The maximum Gasteiger partial charge on any atom is 0.223 e. The van der Waals surface area contributed by atoms with E-state index in [2.05, 4.69) is 15.5 Å². The molecular formula is C15H24ClN5O. The fourth-order valence-corrected chi connectivity index (χ4v) is 2.64. The van der Waals surface area contributed by atoms with E-state index in [1.54, 1.807) is 0 Å². The monoisotopic (exact) mass is 325 g/mol. The zero-order chi connectivity index (χ0) is 16.1. The fraction of sp³-hybridized carbons (Fsp3) is 0.667. The van der Waals surface area contributed by atoms with Crippen LogP contribution < -0.4 is 5.32 Å². The summed E-state index contributed by atoms with van der Waals surface area (Å²) in [6.45, 7) is 4.25. The van der Waals surface area contributed by atoms with E-state index < -0.39 is 0 Å². The van der Waals surface area contributed by atoms with Gasteiger partial charge in [0.25, 0.3) is 0 Å². The van der Waals surface area contributed by atoms with Crippen molar-refractivity contribution >= 4 is 23.3 Å². The topological polar surface area (TPSA) is 61.4 Å². The first-order valence-corrected chi connectivity index (χ1v) is 8.02. The van der Waals surface area contributed by atoms with E-state index in [1.807, 2.05) is 36.9 Å². The molecular weight excluding hydrogens is 302 g/mol. The van der Waals surface area contributed by atoms with Gasteiger partial charge in [-0.15, -0.1) is 10.2 Å². The average Bonchev–Trinajstić information content (AvgIpc) is 2.49. The van der Waals surface area contributed by atoms with Crippen molar-refractivity contribution in [2.75, 3.05) is 39.0 Å². The minimum atomic E-state index is 0.215. The summed E-state index contributed by atoms with van der Waals surface area (Å²) in [5, 5.41) is 11.8. The van der Waals surface area contributed by atoms with Crippen LogP contribution in [0.15, 0.2) is 6.07 Å². The van der Waals surface area contributed by atoms with Crippen molar-refractivity contribution in [2.24, 2.45) is 0 Å². The number of nitrogens with one attached hydrogen (secondary N) is 1. The Morgan fingerprint density at radius 1 is 1.50 bits per heavy atom. The number of likely N-dealkylation sites (tertiary alicyclic amines) is 1. The van der Waals surface area contributed by atoms with E-state index in [0.29, 0.717) is 11.6 Å². The van der Waals surface area contributed by atoms with Crippen molar-refractivity contribution in [3.8, 4) is 0 Å². The van der Waals surface area contributed by atoms with Crippen molar-refractivity contribution in [2.45, 2.75) is 32.2 Å². The van der Waals surface area contributed by atoms with Gasteiger partial charge < -0.3 is 15.1 Å². The third-order valence-electron chi connectivity index (χ3n) is 3.82. The lowest BCUT2D eigenvalue weighted by Crippen LogP contribution is -2.45. The van der Waals surface area contributed by atoms with Crippen LogP contribution in [0, 0.1) is 6.92 Å². The molecule has 2 rings (SSSR count). The summed E-state index contributed by atoms with van der Waals surface area (Å²) >= 11 is 5.89. The molecule has 6 nitrogen and oxygen atoms in total. The van der Waals surface area contributed by atoms with E-state index in [1.165, 1.54) is 0 Å². The normalized spacial score (nSPS) is 18.6. The van der Waals surface area contributed by atoms with Gasteiger partial charge in [-0.3, -0.25) is 4.79 Å². The fourth-order valence-electron chi connectivity index (χ4n) is 2.55. The van der Waals surface area contributed by atoms with E-state index in [4.69, 9.17) is 11.6 Å². The molecule has 1 aliphatic heterocycles. The zero-order valence-corrected chi connectivity index (χ0v) is 14.2. The summed E-state index contributed by atoms with van der Waals surface area (Å²) < 4.78 is 0. The van der Waals surface area contributed by atoms with Crippen molar-refractivity contribution in [1.82, 2.24) is 20.0 Å². The molecule has 1 aromatic heterocycles. The zero-order valence-electron chi connectivity index (χ0n) is 13.5. The SMILES string of the molecule is Cc1cc(N[C@@H]2CCCN(C(=O)CCN(C)C)C2)nnc1Cl. The van der Waals surface area contributed by atoms with Crippen LogP contribution >= 0.6 is 11.6 Å². The predicted molar refractivity (Wildman–Crippen MR) is 88.2 cm³/mol. The van der Waals surface area contributed by atoms with Crippen LogP contribution in [0.2, 0.25) is 5.15 Å². The lowest BCUT2D eigenvalue weighted by atomic mass is 10.1. The van der Waals surface area contributed by atoms with Crippen molar-refractivity contribution in [1.29, 1.82) is 0 Å². The average molecular weight is 326 g/mol. The Bertz CT molecular complexity index is 523. The molecule has 1 amide bonds. The Kier molecular flexibility index (Phi) is 5.97. The molecule has 1 N–H and O–H groups in total. The highest BCUT2D eigenvalue weighted by molar-refractivity contribution is 6.30. The number of carbonyl (C=O) groups excluding carboxylic acids is 1. The standard InChI is InChI=1S/C15H24ClN5O/c1-11-9-13(18-19-15(11)16)17-12-5-4-7-21(10-12)14(22)6-8-20(2)3/h9,12H,4-8,10H2,1-3H3,(H,17,18)/t12-/m1/s1. The molecule has 0 aromatic carbocycles. The van der Waals surface area contributed by atoms with Gasteiger partial charge >= 0.3 is 0 Å². The lowest BCUT2D eigenvalue weighted by Gasteiger charge is -2.33. The Morgan fingerprint density at radius 3 is 2.95 bits per heavy atom. The number of anilines is 1. The third kappa shape index (κ3) is 4.81. The molecule has 0 aliphatic carbocycles. The number of rotatable bonds is 5. The van der Waals surface area contributed by atoms with Crippen LogP contribution in [0.25, 0.3) is 0 Å². The molecule has 1 atom stereocenters. The van der Waals surface area contributed by atoms with Crippen molar-refractivity contribution < 1.29 is 4.79 Å². The molecule has 2 heterocycles.